The molecule has 0 aliphatic heterocycles. The molecule has 0 aliphatic rings. The molecular weight excluding hydrogens is 323 g/mol. The van der Waals surface area contributed by atoms with Crippen molar-refractivity contribution >= 4 is 25.6 Å². The quantitative estimate of drug-likeness (QED) is 0.265. The molecule has 0 saturated heterocycles. The van der Waals surface area contributed by atoms with Crippen LogP contribution in [0.1, 0.15) is 6.42 Å². The highest BCUT2D eigenvalue weighted by Gasteiger charge is 2.42. The maximum Gasteiger partial charge on any atom is 0.414 e. The van der Waals surface area contributed by atoms with Gasteiger partial charge >= 0.3 is 13.6 Å². The average molecular weight is 335 g/mol. The van der Waals surface area contributed by atoms with Gasteiger partial charge in [-0.05, 0) is 6.07 Å². The molecule has 120 valence electrons. The predicted molar refractivity (Wildman–Crippen MR) is 73.3 cm³/mol. The van der Waals surface area contributed by atoms with Gasteiger partial charge in [-0.3, -0.25) is 25.0 Å². The van der Waals surface area contributed by atoms with Gasteiger partial charge in [0.15, 0.2) is 12.0 Å². The predicted octanol–water partition coefficient (Wildman–Crippen LogP) is 0.579. The monoisotopic (exact) mass is 335 g/mol. The van der Waals surface area contributed by atoms with E-state index in [-0.39, 0.29) is 25.1 Å². The lowest BCUT2D eigenvalue weighted by Crippen LogP contribution is -2.18. The Morgan fingerprint density at radius 1 is 1.23 bits per heavy atom. The molecule has 12 heteroatoms. The SMILES string of the molecule is O=CC(CCOc1ccc([N+](=O)[O-])cc1[N+](=O)[O-])[P+](O)(O)O. The number of ether oxygens (including phenoxy) is 1. The third-order valence-corrected chi connectivity index (χ3v) is 3.89. The van der Waals surface area contributed by atoms with Crippen LogP contribution < -0.4 is 4.74 Å². The Bertz CT molecular complexity index is 586. The normalized spacial score (nSPS) is 12.5. The van der Waals surface area contributed by atoms with Crippen molar-refractivity contribution in [2.24, 2.45) is 0 Å². The number of nitro groups is 2. The van der Waals surface area contributed by atoms with Crippen LogP contribution in [-0.2, 0) is 4.79 Å². The van der Waals surface area contributed by atoms with E-state index in [1.54, 1.807) is 0 Å². The summed E-state index contributed by atoms with van der Waals surface area (Å²) in [6.45, 7) is -0.342. The van der Waals surface area contributed by atoms with Gasteiger partial charge in [0.25, 0.3) is 5.69 Å². The largest absolute Gasteiger partial charge is 0.487 e. The van der Waals surface area contributed by atoms with Gasteiger partial charge in [-0.1, -0.05) is 0 Å². The number of aldehydes is 1. The third kappa shape index (κ3) is 4.67. The third-order valence-electron chi connectivity index (χ3n) is 2.62. The minimum Gasteiger partial charge on any atom is -0.487 e. The number of nitro benzene ring substituents is 2. The molecule has 0 spiro atoms. The van der Waals surface area contributed by atoms with Gasteiger partial charge in [0, 0.05) is 12.5 Å². The molecule has 0 heterocycles. The minimum atomic E-state index is -4.37. The molecule has 1 aromatic carbocycles. The molecule has 11 nitrogen and oxygen atoms in total. The summed E-state index contributed by atoms with van der Waals surface area (Å²) in [5.74, 6) is -0.280. The van der Waals surface area contributed by atoms with E-state index in [1.165, 1.54) is 0 Å². The van der Waals surface area contributed by atoms with E-state index in [0.29, 0.717) is 6.07 Å². The van der Waals surface area contributed by atoms with Gasteiger partial charge in [-0.15, -0.1) is 0 Å². The summed E-state index contributed by atoms with van der Waals surface area (Å²) in [5.41, 5.74) is -2.60. The second-order valence-electron chi connectivity index (χ2n) is 4.12. The number of nitrogens with zero attached hydrogens (tertiary/aromatic N) is 2. The second kappa shape index (κ2) is 7.18. The molecule has 0 saturated carbocycles. The molecule has 3 N–H and O–H groups in total. The second-order valence-corrected chi connectivity index (χ2v) is 6.01. The molecule has 1 unspecified atom stereocenters. The molecule has 0 bridgehead atoms. The number of benzene rings is 1. The Labute approximate surface area is 123 Å². The van der Waals surface area contributed by atoms with Gasteiger partial charge in [0.1, 0.15) is 0 Å². The van der Waals surface area contributed by atoms with E-state index < -0.39 is 34.8 Å². The number of hydrogen-bond acceptors (Lipinski definition) is 9. The number of carbonyl (C=O) groups is 1. The molecule has 1 rings (SSSR count). The van der Waals surface area contributed by atoms with Crippen molar-refractivity contribution in [2.75, 3.05) is 6.61 Å². The minimum absolute atomic E-state index is 0.140. The molecule has 1 aromatic rings. The summed E-state index contributed by atoms with van der Waals surface area (Å²) >= 11 is 0. The summed E-state index contributed by atoms with van der Waals surface area (Å²) in [6.07, 6.45) is -0.156. The first-order chi connectivity index (χ1) is 10.2. The van der Waals surface area contributed by atoms with Crippen LogP contribution in [0.2, 0.25) is 0 Å². The Morgan fingerprint density at radius 3 is 2.32 bits per heavy atom. The molecule has 0 aliphatic carbocycles. The molecule has 0 amide bonds. The Kier molecular flexibility index (Phi) is 5.83. The summed E-state index contributed by atoms with van der Waals surface area (Å²) in [6, 6.07) is 2.74. The van der Waals surface area contributed by atoms with E-state index >= 15 is 0 Å². The van der Waals surface area contributed by atoms with Crippen LogP contribution in [0, 0.1) is 20.2 Å². The first-order valence-electron chi connectivity index (χ1n) is 5.74. The summed E-state index contributed by atoms with van der Waals surface area (Å²) in [5, 5.41) is 21.4. The van der Waals surface area contributed by atoms with E-state index in [2.05, 4.69) is 0 Å². The van der Waals surface area contributed by atoms with E-state index in [4.69, 9.17) is 19.4 Å². The molecule has 0 radical (unpaired) electrons. The molecule has 1 atom stereocenters. The van der Waals surface area contributed by atoms with Crippen LogP contribution in [-0.4, -0.2) is 43.1 Å². The Hall–Kier alpha value is -2.20. The van der Waals surface area contributed by atoms with Crippen molar-refractivity contribution in [1.29, 1.82) is 0 Å². The van der Waals surface area contributed by atoms with Crippen molar-refractivity contribution in [2.45, 2.75) is 12.1 Å². The smallest absolute Gasteiger partial charge is 0.414 e. The maximum atomic E-state index is 10.8. The van der Waals surface area contributed by atoms with Crippen LogP contribution in [0.5, 0.6) is 5.75 Å². The topological polar surface area (TPSA) is 173 Å². The lowest BCUT2D eigenvalue weighted by molar-refractivity contribution is -0.394. The number of carbonyl (C=O) groups excluding carboxylic acids is 1. The van der Waals surface area contributed by atoms with Gasteiger partial charge < -0.3 is 4.74 Å². The molecule has 0 fully saturated rings. The van der Waals surface area contributed by atoms with Gasteiger partial charge in [0.2, 0.25) is 5.66 Å². The number of rotatable bonds is 8. The summed E-state index contributed by atoms with van der Waals surface area (Å²) in [7, 11) is -4.37. The lowest BCUT2D eigenvalue weighted by atomic mass is 10.2. The van der Waals surface area contributed by atoms with E-state index in [1.807, 2.05) is 0 Å². The average Bonchev–Trinajstić information content (AvgIpc) is 2.41. The zero-order valence-corrected chi connectivity index (χ0v) is 11.8. The highest BCUT2D eigenvalue weighted by atomic mass is 31.2. The Balaban J connectivity index is 2.83. The molecule has 22 heavy (non-hydrogen) atoms. The standard InChI is InChI=1S/C10H12N2O9P/c13-6-8(22(18,19)20)3-4-21-10-2-1-7(11(14)15)5-9(10)12(16)17/h1-2,5-6,8,18-20H,3-4H2/q+1. The Morgan fingerprint density at radius 2 is 1.86 bits per heavy atom. The highest BCUT2D eigenvalue weighted by molar-refractivity contribution is 7.60. The van der Waals surface area contributed by atoms with Gasteiger partial charge in [0.05, 0.1) is 22.5 Å². The van der Waals surface area contributed by atoms with Gasteiger partial charge in [-0.2, -0.15) is 14.7 Å². The van der Waals surface area contributed by atoms with Crippen LogP contribution in [0.15, 0.2) is 18.2 Å². The van der Waals surface area contributed by atoms with E-state index in [9.17, 15) is 25.0 Å². The van der Waals surface area contributed by atoms with Crippen LogP contribution >= 0.6 is 7.94 Å². The van der Waals surface area contributed by atoms with Crippen LogP contribution in [0.25, 0.3) is 0 Å². The first-order valence-corrected chi connectivity index (χ1v) is 7.46. The zero-order chi connectivity index (χ0) is 16.9. The lowest BCUT2D eigenvalue weighted by Gasteiger charge is -2.12. The highest BCUT2D eigenvalue weighted by Crippen LogP contribution is 2.50. The van der Waals surface area contributed by atoms with Crippen molar-refractivity contribution in [3.05, 3.63) is 38.4 Å². The van der Waals surface area contributed by atoms with E-state index in [0.717, 1.165) is 12.1 Å². The zero-order valence-electron chi connectivity index (χ0n) is 10.9. The van der Waals surface area contributed by atoms with Crippen molar-refractivity contribution in [3.63, 3.8) is 0 Å². The molecule has 0 aromatic heterocycles. The van der Waals surface area contributed by atoms with Crippen molar-refractivity contribution < 1.29 is 34.1 Å². The fourth-order valence-corrected chi connectivity index (χ4v) is 2.11. The number of non-ortho nitro benzene ring substituents is 1. The fraction of sp³-hybridized carbons (Fsp3) is 0.300. The fourth-order valence-electron chi connectivity index (χ4n) is 1.50. The van der Waals surface area contributed by atoms with Crippen LogP contribution in [0.4, 0.5) is 11.4 Å². The van der Waals surface area contributed by atoms with Gasteiger partial charge in [-0.25, -0.2) is 0 Å². The van der Waals surface area contributed by atoms with Crippen molar-refractivity contribution in [3.8, 4) is 5.75 Å². The first kappa shape index (κ1) is 17.9. The molecular formula is C10H12N2O9P+. The summed E-state index contributed by atoms with van der Waals surface area (Å²) in [4.78, 5) is 57.2. The number of hydrogen-bond donors (Lipinski definition) is 3. The summed E-state index contributed by atoms with van der Waals surface area (Å²) < 4.78 is 5.02. The van der Waals surface area contributed by atoms with Crippen molar-refractivity contribution in [1.82, 2.24) is 0 Å². The maximum absolute atomic E-state index is 10.8. The van der Waals surface area contributed by atoms with Crippen LogP contribution in [0.3, 0.4) is 0 Å².